The maximum atomic E-state index is 13.2. The molecule has 1 fully saturated rings. The number of aliphatic hydroxyl groups is 1. The second-order valence-electron chi connectivity index (χ2n) is 7.94. The van der Waals surface area contributed by atoms with Crippen molar-refractivity contribution < 1.29 is 24.2 Å². The third kappa shape index (κ3) is 4.73. The van der Waals surface area contributed by atoms with Crippen molar-refractivity contribution in [2.45, 2.75) is 26.8 Å². The lowest BCUT2D eigenvalue weighted by Gasteiger charge is -2.29. The van der Waals surface area contributed by atoms with Gasteiger partial charge in [0.1, 0.15) is 17.3 Å². The molecule has 176 valence electrons. The summed E-state index contributed by atoms with van der Waals surface area (Å²) in [4.78, 5) is 30.2. The van der Waals surface area contributed by atoms with Gasteiger partial charge in [0.2, 0.25) is 0 Å². The van der Waals surface area contributed by atoms with Crippen LogP contribution in [0, 0.1) is 6.92 Å². The van der Waals surface area contributed by atoms with Gasteiger partial charge in [0.25, 0.3) is 11.7 Å². The predicted molar refractivity (Wildman–Crippen MR) is 128 cm³/mol. The summed E-state index contributed by atoms with van der Waals surface area (Å²) in [7, 11) is 3.01. The number of carbonyl (C=O) groups is 2. The fourth-order valence-corrected chi connectivity index (χ4v) is 4.26. The molecule has 0 spiro atoms. The summed E-state index contributed by atoms with van der Waals surface area (Å²) in [6.07, 6.45) is 0. The minimum atomic E-state index is -0.696. The van der Waals surface area contributed by atoms with E-state index in [9.17, 15) is 14.7 Å². The number of benzene rings is 2. The zero-order valence-electron chi connectivity index (χ0n) is 19.9. The van der Waals surface area contributed by atoms with Crippen molar-refractivity contribution in [3.05, 3.63) is 64.7 Å². The minimum Gasteiger partial charge on any atom is -0.507 e. The molecule has 1 unspecified atom stereocenters. The van der Waals surface area contributed by atoms with E-state index in [0.29, 0.717) is 30.2 Å². The van der Waals surface area contributed by atoms with E-state index in [1.165, 1.54) is 14.2 Å². The Kier molecular flexibility index (Phi) is 7.76. The van der Waals surface area contributed by atoms with Gasteiger partial charge in [0.15, 0.2) is 0 Å². The number of amides is 1. The topological polar surface area (TPSA) is 79.3 Å². The van der Waals surface area contributed by atoms with Crippen molar-refractivity contribution in [2.24, 2.45) is 0 Å². The third-order valence-corrected chi connectivity index (χ3v) is 6.24. The van der Waals surface area contributed by atoms with E-state index in [-0.39, 0.29) is 11.3 Å². The van der Waals surface area contributed by atoms with Crippen LogP contribution in [-0.2, 0) is 9.59 Å². The van der Waals surface area contributed by atoms with Crippen LogP contribution >= 0.6 is 0 Å². The van der Waals surface area contributed by atoms with Crippen LogP contribution < -0.4 is 9.47 Å². The highest BCUT2D eigenvalue weighted by atomic mass is 16.5. The highest BCUT2D eigenvalue weighted by molar-refractivity contribution is 6.46. The number of ketones is 1. The SMILES string of the molecule is CCN(CC)CCN1C(=O)C(=O)/C(=C(/O)c2ccc(OC)cc2OC)C1c1ccccc1C. The monoisotopic (exact) mass is 452 g/mol. The number of ether oxygens (including phenoxy) is 2. The van der Waals surface area contributed by atoms with Gasteiger partial charge in [0, 0.05) is 19.2 Å². The van der Waals surface area contributed by atoms with Crippen molar-refractivity contribution >= 4 is 17.4 Å². The van der Waals surface area contributed by atoms with Gasteiger partial charge in [-0.25, -0.2) is 0 Å². The highest BCUT2D eigenvalue weighted by Gasteiger charge is 2.46. The number of rotatable bonds is 9. The largest absolute Gasteiger partial charge is 0.507 e. The molecule has 0 aromatic heterocycles. The fraction of sp³-hybridized carbons (Fsp3) is 0.385. The first kappa shape index (κ1) is 24.3. The van der Waals surface area contributed by atoms with Crippen LogP contribution in [0.25, 0.3) is 5.76 Å². The van der Waals surface area contributed by atoms with E-state index >= 15 is 0 Å². The van der Waals surface area contributed by atoms with E-state index in [1.54, 1.807) is 23.1 Å². The molecule has 2 aromatic carbocycles. The van der Waals surface area contributed by atoms with Crippen molar-refractivity contribution in [3.63, 3.8) is 0 Å². The van der Waals surface area contributed by atoms with Gasteiger partial charge in [0.05, 0.1) is 31.4 Å². The molecule has 1 amide bonds. The van der Waals surface area contributed by atoms with Gasteiger partial charge < -0.3 is 24.4 Å². The smallest absolute Gasteiger partial charge is 0.295 e. The molecule has 0 radical (unpaired) electrons. The maximum absolute atomic E-state index is 13.2. The summed E-state index contributed by atoms with van der Waals surface area (Å²) in [5.74, 6) is -0.655. The highest BCUT2D eigenvalue weighted by Crippen LogP contribution is 2.42. The summed E-state index contributed by atoms with van der Waals surface area (Å²) in [5.41, 5.74) is 2.14. The Morgan fingerprint density at radius 2 is 1.76 bits per heavy atom. The molecule has 0 saturated carbocycles. The van der Waals surface area contributed by atoms with Gasteiger partial charge >= 0.3 is 0 Å². The molecule has 1 N–H and O–H groups in total. The van der Waals surface area contributed by atoms with Gasteiger partial charge in [-0.05, 0) is 43.3 Å². The Labute approximate surface area is 195 Å². The summed E-state index contributed by atoms with van der Waals surface area (Å²) in [6, 6.07) is 11.9. The normalized spacial score (nSPS) is 17.6. The molecule has 0 aliphatic carbocycles. The standard InChI is InChI=1S/C26H32N2O5/c1-6-27(7-2)14-15-28-23(19-11-9-8-10-17(19)3)22(25(30)26(28)31)24(29)20-13-12-18(32-4)16-21(20)33-5/h8-13,16,23,29H,6-7,14-15H2,1-5H3/b24-22+. The van der Waals surface area contributed by atoms with Crippen LogP contribution in [0.5, 0.6) is 11.5 Å². The van der Waals surface area contributed by atoms with Crippen molar-refractivity contribution in [1.82, 2.24) is 9.80 Å². The number of likely N-dealkylation sites (N-methyl/N-ethyl adjacent to an activating group) is 1. The van der Waals surface area contributed by atoms with Crippen molar-refractivity contribution in [3.8, 4) is 11.5 Å². The van der Waals surface area contributed by atoms with Crippen molar-refractivity contribution in [2.75, 3.05) is 40.4 Å². The Hall–Kier alpha value is -3.32. The minimum absolute atomic E-state index is 0.0670. The van der Waals surface area contributed by atoms with Crippen LogP contribution in [0.15, 0.2) is 48.0 Å². The molecule has 1 saturated heterocycles. The molecule has 7 heteroatoms. The zero-order chi connectivity index (χ0) is 24.1. The van der Waals surface area contributed by atoms with Gasteiger partial charge in [-0.2, -0.15) is 0 Å². The first-order chi connectivity index (χ1) is 15.9. The lowest BCUT2D eigenvalue weighted by Crippen LogP contribution is -2.38. The number of nitrogens with zero attached hydrogens (tertiary/aromatic N) is 2. The number of Topliss-reactive ketones (excluding diaryl/α,β-unsaturated/α-hetero) is 1. The second kappa shape index (κ2) is 10.5. The molecule has 1 heterocycles. The number of carbonyl (C=O) groups excluding carboxylic acids is 2. The quantitative estimate of drug-likeness (QED) is 0.354. The van der Waals surface area contributed by atoms with Gasteiger partial charge in [-0.1, -0.05) is 38.1 Å². The lowest BCUT2D eigenvalue weighted by molar-refractivity contribution is -0.140. The van der Waals surface area contributed by atoms with Crippen LogP contribution in [0.3, 0.4) is 0 Å². The molecule has 7 nitrogen and oxygen atoms in total. The molecule has 1 atom stereocenters. The summed E-state index contributed by atoms with van der Waals surface area (Å²) >= 11 is 0. The van der Waals surface area contributed by atoms with E-state index in [0.717, 1.165) is 24.2 Å². The average molecular weight is 453 g/mol. The van der Waals surface area contributed by atoms with E-state index in [4.69, 9.17) is 9.47 Å². The Morgan fingerprint density at radius 1 is 1.06 bits per heavy atom. The Balaban J connectivity index is 2.17. The van der Waals surface area contributed by atoms with Crippen LogP contribution in [0.1, 0.15) is 36.6 Å². The maximum Gasteiger partial charge on any atom is 0.295 e. The third-order valence-electron chi connectivity index (χ3n) is 6.24. The molecular formula is C26H32N2O5. The lowest BCUT2D eigenvalue weighted by atomic mass is 9.92. The fourth-order valence-electron chi connectivity index (χ4n) is 4.26. The van der Waals surface area contributed by atoms with E-state index in [2.05, 4.69) is 18.7 Å². The van der Waals surface area contributed by atoms with E-state index < -0.39 is 17.7 Å². The van der Waals surface area contributed by atoms with Crippen molar-refractivity contribution in [1.29, 1.82) is 0 Å². The summed E-state index contributed by atoms with van der Waals surface area (Å²) < 4.78 is 10.7. The van der Waals surface area contributed by atoms with Gasteiger partial charge in [-0.3, -0.25) is 9.59 Å². The Morgan fingerprint density at radius 3 is 2.36 bits per heavy atom. The van der Waals surface area contributed by atoms with Crippen LogP contribution in [0.2, 0.25) is 0 Å². The van der Waals surface area contributed by atoms with Crippen LogP contribution in [-0.4, -0.2) is 67.0 Å². The predicted octanol–water partition coefficient (Wildman–Crippen LogP) is 3.78. The molecule has 1 aliphatic rings. The molecule has 1 aliphatic heterocycles. The number of likely N-dealkylation sites (tertiary alicyclic amines) is 1. The van der Waals surface area contributed by atoms with Crippen LogP contribution in [0.4, 0.5) is 0 Å². The number of methoxy groups -OCH3 is 2. The van der Waals surface area contributed by atoms with E-state index in [1.807, 2.05) is 31.2 Å². The molecule has 0 bridgehead atoms. The summed E-state index contributed by atoms with van der Waals surface area (Å²) in [5, 5.41) is 11.3. The molecule has 2 aromatic rings. The zero-order valence-corrected chi connectivity index (χ0v) is 19.9. The number of hydrogen-bond acceptors (Lipinski definition) is 6. The molecule has 33 heavy (non-hydrogen) atoms. The second-order valence-corrected chi connectivity index (χ2v) is 7.94. The molecular weight excluding hydrogens is 420 g/mol. The number of aliphatic hydroxyl groups excluding tert-OH is 1. The number of aryl methyl sites for hydroxylation is 1. The first-order valence-electron chi connectivity index (χ1n) is 11.2. The average Bonchev–Trinajstić information content (AvgIpc) is 3.08. The molecule has 3 rings (SSSR count). The first-order valence-corrected chi connectivity index (χ1v) is 11.2. The summed E-state index contributed by atoms with van der Waals surface area (Å²) in [6.45, 7) is 8.76. The van der Waals surface area contributed by atoms with Gasteiger partial charge in [-0.15, -0.1) is 0 Å². The Bertz CT molecular complexity index is 1060. The number of hydrogen-bond donors (Lipinski definition) is 1.